The summed E-state index contributed by atoms with van der Waals surface area (Å²) in [6.07, 6.45) is 0.903. The van der Waals surface area contributed by atoms with E-state index in [0.29, 0.717) is 5.82 Å². The molecular weight excluding hydrogens is 170 g/mol. The van der Waals surface area contributed by atoms with Gasteiger partial charge in [-0.25, -0.2) is 9.67 Å². The maximum absolute atomic E-state index is 9.20. The van der Waals surface area contributed by atoms with Gasteiger partial charge in [-0.15, -0.1) is 0 Å². The molecule has 0 aromatic carbocycles. The van der Waals surface area contributed by atoms with Crippen molar-refractivity contribution in [3.63, 3.8) is 0 Å². The number of nitrogens with zero attached hydrogens (tertiary/aromatic N) is 3. The molecule has 0 aliphatic heterocycles. The van der Waals surface area contributed by atoms with Gasteiger partial charge in [-0.1, -0.05) is 0 Å². The molecular formula is C8H15N3O2. The zero-order valence-electron chi connectivity index (χ0n) is 8.35. The van der Waals surface area contributed by atoms with Gasteiger partial charge in [0.25, 0.3) is 0 Å². The summed E-state index contributed by atoms with van der Waals surface area (Å²) in [5.74, 6) is 0.408. The smallest absolute Gasteiger partial charge is 0.178 e. The van der Waals surface area contributed by atoms with Crippen LogP contribution in [-0.4, -0.2) is 27.0 Å². The zero-order valence-corrected chi connectivity index (χ0v) is 8.35. The summed E-state index contributed by atoms with van der Waals surface area (Å²) in [6, 6.07) is 0. The van der Waals surface area contributed by atoms with Crippen molar-refractivity contribution < 1.29 is 9.84 Å². The van der Waals surface area contributed by atoms with Crippen LogP contribution < -0.4 is 0 Å². The molecule has 74 valence electrons. The fourth-order valence-corrected chi connectivity index (χ4v) is 0.820. The molecule has 1 unspecified atom stereocenters. The third-order valence-electron chi connectivity index (χ3n) is 1.93. The van der Waals surface area contributed by atoms with Crippen LogP contribution in [0.25, 0.3) is 0 Å². The van der Waals surface area contributed by atoms with Crippen molar-refractivity contribution in [3.05, 3.63) is 12.2 Å². The molecule has 0 spiro atoms. The Hall–Kier alpha value is -0.940. The summed E-state index contributed by atoms with van der Waals surface area (Å²) in [5, 5.41) is 13.3. The van der Waals surface area contributed by atoms with Crippen molar-refractivity contribution >= 4 is 0 Å². The topological polar surface area (TPSA) is 60.2 Å². The highest BCUT2D eigenvalue weighted by molar-refractivity contribution is 4.86. The molecule has 0 bridgehead atoms. The standard InChI is InChI=1S/C8H15N3O2/c1-6(12)7-9-5-11(10-7)8(2,3)13-4/h5-6,12H,1-4H3. The average Bonchev–Trinajstić information content (AvgIpc) is 2.52. The first-order valence-corrected chi connectivity index (χ1v) is 4.12. The van der Waals surface area contributed by atoms with Crippen molar-refractivity contribution in [2.45, 2.75) is 32.6 Å². The van der Waals surface area contributed by atoms with Crippen LogP contribution >= 0.6 is 0 Å². The highest BCUT2D eigenvalue weighted by Crippen LogP contribution is 2.15. The highest BCUT2D eigenvalue weighted by atomic mass is 16.5. The van der Waals surface area contributed by atoms with Gasteiger partial charge in [-0.3, -0.25) is 0 Å². The fraction of sp³-hybridized carbons (Fsp3) is 0.750. The van der Waals surface area contributed by atoms with Crippen LogP contribution in [-0.2, 0) is 10.5 Å². The maximum Gasteiger partial charge on any atom is 0.178 e. The molecule has 0 saturated heterocycles. The summed E-state index contributed by atoms with van der Waals surface area (Å²) in [6.45, 7) is 5.36. The predicted molar refractivity (Wildman–Crippen MR) is 47.0 cm³/mol. The molecule has 0 amide bonds. The fourth-order valence-electron chi connectivity index (χ4n) is 0.820. The first kappa shape index (κ1) is 10.1. The molecule has 1 rings (SSSR count). The lowest BCUT2D eigenvalue weighted by molar-refractivity contribution is -0.0557. The van der Waals surface area contributed by atoms with Gasteiger partial charge in [0.15, 0.2) is 11.5 Å². The van der Waals surface area contributed by atoms with E-state index in [1.165, 1.54) is 0 Å². The molecule has 1 heterocycles. The minimum atomic E-state index is -0.645. The van der Waals surface area contributed by atoms with Gasteiger partial charge in [-0.05, 0) is 20.8 Å². The average molecular weight is 185 g/mol. The van der Waals surface area contributed by atoms with Crippen LogP contribution in [0.15, 0.2) is 6.33 Å². The molecule has 5 nitrogen and oxygen atoms in total. The summed E-state index contributed by atoms with van der Waals surface area (Å²) in [5.41, 5.74) is -0.528. The lowest BCUT2D eigenvalue weighted by Gasteiger charge is -2.22. The van der Waals surface area contributed by atoms with E-state index >= 15 is 0 Å². The Morgan fingerprint density at radius 3 is 2.62 bits per heavy atom. The van der Waals surface area contributed by atoms with Gasteiger partial charge in [0.1, 0.15) is 12.4 Å². The van der Waals surface area contributed by atoms with Crippen molar-refractivity contribution in [1.82, 2.24) is 14.8 Å². The van der Waals surface area contributed by atoms with E-state index in [1.54, 1.807) is 25.0 Å². The minimum Gasteiger partial charge on any atom is -0.385 e. The molecule has 0 radical (unpaired) electrons. The normalized spacial score (nSPS) is 14.5. The Balaban J connectivity index is 2.91. The number of hydrogen-bond acceptors (Lipinski definition) is 4. The number of aliphatic hydroxyl groups excluding tert-OH is 1. The van der Waals surface area contributed by atoms with Crippen molar-refractivity contribution in [3.8, 4) is 0 Å². The summed E-state index contributed by atoms with van der Waals surface area (Å²) < 4.78 is 6.77. The van der Waals surface area contributed by atoms with Gasteiger partial charge in [0.05, 0.1) is 0 Å². The minimum absolute atomic E-state index is 0.408. The molecule has 13 heavy (non-hydrogen) atoms. The number of aromatic nitrogens is 3. The zero-order chi connectivity index (χ0) is 10.1. The van der Waals surface area contributed by atoms with Crippen LogP contribution in [0.5, 0.6) is 0 Å². The van der Waals surface area contributed by atoms with E-state index in [4.69, 9.17) is 4.74 Å². The molecule has 1 atom stereocenters. The van der Waals surface area contributed by atoms with E-state index < -0.39 is 11.8 Å². The van der Waals surface area contributed by atoms with Crippen LogP contribution in [0, 0.1) is 0 Å². The second-order valence-corrected chi connectivity index (χ2v) is 3.37. The Morgan fingerprint density at radius 1 is 1.62 bits per heavy atom. The van der Waals surface area contributed by atoms with Crippen molar-refractivity contribution in [1.29, 1.82) is 0 Å². The highest BCUT2D eigenvalue weighted by Gasteiger charge is 2.21. The molecule has 1 N–H and O–H groups in total. The van der Waals surface area contributed by atoms with E-state index in [0.717, 1.165) is 0 Å². The van der Waals surface area contributed by atoms with Gasteiger partial charge < -0.3 is 9.84 Å². The van der Waals surface area contributed by atoms with Crippen LogP contribution in [0.2, 0.25) is 0 Å². The van der Waals surface area contributed by atoms with Crippen molar-refractivity contribution in [2.75, 3.05) is 7.11 Å². The lowest BCUT2D eigenvalue weighted by Crippen LogP contribution is -2.29. The van der Waals surface area contributed by atoms with Gasteiger partial charge in [0, 0.05) is 7.11 Å². The van der Waals surface area contributed by atoms with Gasteiger partial charge in [-0.2, -0.15) is 5.10 Å². The first-order chi connectivity index (χ1) is 5.97. The molecule has 1 aromatic rings. The number of rotatable bonds is 3. The molecule has 0 fully saturated rings. The lowest BCUT2D eigenvalue weighted by atomic mass is 10.3. The second kappa shape index (κ2) is 3.43. The van der Waals surface area contributed by atoms with Crippen LogP contribution in [0.4, 0.5) is 0 Å². The van der Waals surface area contributed by atoms with Gasteiger partial charge in [0.2, 0.25) is 0 Å². The largest absolute Gasteiger partial charge is 0.385 e. The number of ether oxygens (including phenoxy) is 1. The quantitative estimate of drug-likeness (QED) is 0.751. The van der Waals surface area contributed by atoms with Crippen LogP contribution in [0.1, 0.15) is 32.7 Å². The van der Waals surface area contributed by atoms with Gasteiger partial charge >= 0.3 is 0 Å². The number of hydrogen-bond donors (Lipinski definition) is 1. The Kier molecular flexibility index (Phi) is 2.68. The molecule has 1 aromatic heterocycles. The van der Waals surface area contributed by atoms with Crippen molar-refractivity contribution in [2.24, 2.45) is 0 Å². The predicted octanol–water partition coefficient (Wildman–Crippen LogP) is 0.670. The Morgan fingerprint density at radius 2 is 2.23 bits per heavy atom. The summed E-state index contributed by atoms with van der Waals surface area (Å²) in [7, 11) is 1.60. The first-order valence-electron chi connectivity index (χ1n) is 4.12. The van der Waals surface area contributed by atoms with E-state index in [9.17, 15) is 5.11 Å². The molecule has 0 aliphatic rings. The SMILES string of the molecule is COC(C)(C)n1cnc(C(C)O)n1. The third-order valence-corrected chi connectivity index (χ3v) is 1.93. The monoisotopic (exact) mass is 185 g/mol. The molecule has 0 saturated carbocycles. The van der Waals surface area contributed by atoms with E-state index in [-0.39, 0.29) is 0 Å². The summed E-state index contributed by atoms with van der Waals surface area (Å²) in [4.78, 5) is 3.95. The summed E-state index contributed by atoms with van der Waals surface area (Å²) >= 11 is 0. The second-order valence-electron chi connectivity index (χ2n) is 3.37. The Bertz CT molecular complexity index is 281. The third kappa shape index (κ3) is 2.05. The van der Waals surface area contributed by atoms with Crippen LogP contribution in [0.3, 0.4) is 0 Å². The number of aliphatic hydroxyl groups is 1. The van der Waals surface area contributed by atoms with E-state index in [1.807, 2.05) is 13.8 Å². The maximum atomic E-state index is 9.20. The Labute approximate surface area is 77.4 Å². The molecule has 5 heteroatoms. The van der Waals surface area contributed by atoms with E-state index in [2.05, 4.69) is 10.1 Å². The molecule has 0 aliphatic carbocycles. The number of methoxy groups -OCH3 is 1.